The quantitative estimate of drug-likeness (QED) is 0.574. The molecular weight excluding hydrogens is 292 g/mol. The van der Waals surface area contributed by atoms with E-state index in [0.29, 0.717) is 0 Å². The van der Waals surface area contributed by atoms with Crippen LogP contribution in [0.3, 0.4) is 0 Å². The summed E-state index contributed by atoms with van der Waals surface area (Å²) in [6.07, 6.45) is 0. The molecule has 0 saturated carbocycles. The fourth-order valence-corrected chi connectivity index (χ4v) is 3.25. The summed E-state index contributed by atoms with van der Waals surface area (Å²) in [5, 5.41) is 9.62. The van der Waals surface area contributed by atoms with Crippen LogP contribution in [0.2, 0.25) is 0 Å². The average Bonchev–Trinajstić information content (AvgIpc) is 2.97. The first kappa shape index (κ1) is 14.7. The van der Waals surface area contributed by atoms with Crippen LogP contribution in [-0.2, 0) is 12.3 Å². The average molecular weight is 310 g/mol. The number of benzene rings is 2. The lowest BCUT2D eigenvalue weighted by Gasteiger charge is -2.07. The van der Waals surface area contributed by atoms with Crippen molar-refractivity contribution >= 4 is 17.4 Å². The van der Waals surface area contributed by atoms with Gasteiger partial charge in [0, 0.05) is 23.5 Å². The van der Waals surface area contributed by atoms with E-state index in [2.05, 4.69) is 46.0 Å². The number of hydrogen-bond donors (Lipinski definition) is 1. The van der Waals surface area contributed by atoms with Crippen molar-refractivity contribution < 1.29 is 0 Å². The number of nitrogens with zero attached hydrogens (tertiary/aromatic N) is 3. The molecule has 4 nitrogen and oxygen atoms in total. The van der Waals surface area contributed by atoms with Crippen molar-refractivity contribution in [3.63, 3.8) is 0 Å². The van der Waals surface area contributed by atoms with Crippen molar-refractivity contribution in [3.8, 4) is 11.4 Å². The van der Waals surface area contributed by atoms with E-state index in [1.165, 1.54) is 5.56 Å². The number of aromatic nitrogens is 3. The number of rotatable bonds is 5. The summed E-state index contributed by atoms with van der Waals surface area (Å²) in [6, 6.07) is 18.1. The lowest BCUT2D eigenvalue weighted by Crippen LogP contribution is -2.00. The monoisotopic (exact) mass is 310 g/mol. The minimum Gasteiger partial charge on any atom is -0.399 e. The van der Waals surface area contributed by atoms with Crippen molar-refractivity contribution in [1.29, 1.82) is 0 Å². The largest absolute Gasteiger partial charge is 0.399 e. The van der Waals surface area contributed by atoms with Gasteiger partial charge in [-0.15, -0.1) is 10.2 Å². The van der Waals surface area contributed by atoms with Crippen LogP contribution in [0, 0.1) is 0 Å². The number of hydrogen-bond acceptors (Lipinski definition) is 4. The molecule has 22 heavy (non-hydrogen) atoms. The summed E-state index contributed by atoms with van der Waals surface area (Å²) in [5.41, 5.74) is 8.89. The molecule has 112 valence electrons. The molecule has 0 fully saturated rings. The van der Waals surface area contributed by atoms with Gasteiger partial charge in [-0.2, -0.15) is 0 Å². The maximum absolute atomic E-state index is 5.87. The van der Waals surface area contributed by atoms with Crippen LogP contribution in [0.5, 0.6) is 0 Å². The van der Waals surface area contributed by atoms with Crippen LogP contribution in [0.25, 0.3) is 11.4 Å². The highest BCUT2D eigenvalue weighted by molar-refractivity contribution is 7.98. The molecule has 0 unspecified atom stereocenters. The summed E-state index contributed by atoms with van der Waals surface area (Å²) in [5.74, 6) is 1.75. The lowest BCUT2D eigenvalue weighted by molar-refractivity contribution is 0.687. The SMILES string of the molecule is CCn1c(SCc2ccccc2)nnc1-c1cccc(N)c1. The molecule has 2 N–H and O–H groups in total. The molecule has 0 aliphatic rings. The van der Waals surface area contributed by atoms with E-state index in [1.807, 2.05) is 30.3 Å². The maximum Gasteiger partial charge on any atom is 0.191 e. The summed E-state index contributed by atoms with van der Waals surface area (Å²) in [4.78, 5) is 0. The van der Waals surface area contributed by atoms with Crippen LogP contribution in [-0.4, -0.2) is 14.8 Å². The summed E-state index contributed by atoms with van der Waals surface area (Å²) >= 11 is 1.70. The smallest absolute Gasteiger partial charge is 0.191 e. The molecule has 5 heteroatoms. The molecule has 0 spiro atoms. The van der Waals surface area contributed by atoms with Gasteiger partial charge in [0.05, 0.1) is 0 Å². The number of anilines is 1. The Morgan fingerprint density at radius 1 is 1.05 bits per heavy atom. The molecule has 0 amide bonds. The van der Waals surface area contributed by atoms with E-state index in [4.69, 9.17) is 5.73 Å². The lowest BCUT2D eigenvalue weighted by atomic mass is 10.2. The van der Waals surface area contributed by atoms with Gasteiger partial charge < -0.3 is 10.3 Å². The second-order valence-corrected chi connectivity index (χ2v) is 5.89. The van der Waals surface area contributed by atoms with E-state index >= 15 is 0 Å². The van der Waals surface area contributed by atoms with Crippen molar-refractivity contribution in [1.82, 2.24) is 14.8 Å². The Kier molecular flexibility index (Phi) is 4.44. The standard InChI is InChI=1S/C17H18N4S/c1-2-21-16(14-9-6-10-15(18)11-14)19-20-17(21)22-12-13-7-4-3-5-8-13/h3-11H,2,12,18H2,1H3. The van der Waals surface area contributed by atoms with Gasteiger partial charge in [0.2, 0.25) is 0 Å². The number of nitrogen functional groups attached to an aromatic ring is 1. The van der Waals surface area contributed by atoms with Gasteiger partial charge in [-0.1, -0.05) is 54.2 Å². The second-order valence-electron chi connectivity index (χ2n) is 4.95. The zero-order chi connectivity index (χ0) is 15.4. The summed E-state index contributed by atoms with van der Waals surface area (Å²) in [7, 11) is 0. The van der Waals surface area contributed by atoms with Crippen LogP contribution >= 0.6 is 11.8 Å². The number of thioether (sulfide) groups is 1. The van der Waals surface area contributed by atoms with Crippen LogP contribution in [0.4, 0.5) is 5.69 Å². The Morgan fingerprint density at radius 2 is 1.86 bits per heavy atom. The molecule has 3 rings (SSSR count). The second kappa shape index (κ2) is 6.66. The van der Waals surface area contributed by atoms with Gasteiger partial charge in [0.15, 0.2) is 11.0 Å². The first-order valence-corrected chi connectivity index (χ1v) is 8.22. The van der Waals surface area contributed by atoms with Gasteiger partial charge in [-0.3, -0.25) is 0 Å². The van der Waals surface area contributed by atoms with Gasteiger partial charge in [-0.25, -0.2) is 0 Å². The van der Waals surface area contributed by atoms with Crippen molar-refractivity contribution in [3.05, 3.63) is 60.2 Å². The predicted molar refractivity (Wildman–Crippen MR) is 91.5 cm³/mol. The molecule has 3 aromatic rings. The third-order valence-corrected chi connectivity index (χ3v) is 4.43. The molecule has 0 aliphatic heterocycles. The molecule has 0 bridgehead atoms. The van der Waals surface area contributed by atoms with E-state index < -0.39 is 0 Å². The molecule has 0 saturated heterocycles. The van der Waals surface area contributed by atoms with Crippen LogP contribution < -0.4 is 5.73 Å². The molecule has 2 aromatic carbocycles. The normalized spacial score (nSPS) is 10.8. The fraction of sp³-hybridized carbons (Fsp3) is 0.176. The van der Waals surface area contributed by atoms with Crippen molar-refractivity contribution in [2.45, 2.75) is 24.4 Å². The minimum absolute atomic E-state index is 0.738. The Morgan fingerprint density at radius 3 is 2.59 bits per heavy atom. The van der Waals surface area contributed by atoms with Gasteiger partial charge in [-0.05, 0) is 24.6 Å². The van der Waals surface area contributed by atoms with Crippen molar-refractivity contribution in [2.24, 2.45) is 0 Å². The highest BCUT2D eigenvalue weighted by Gasteiger charge is 2.13. The third-order valence-electron chi connectivity index (χ3n) is 3.39. The Bertz CT molecular complexity index is 752. The molecule has 0 radical (unpaired) electrons. The predicted octanol–water partition coefficient (Wildman–Crippen LogP) is 3.84. The van der Waals surface area contributed by atoms with E-state index in [0.717, 1.165) is 34.5 Å². The van der Waals surface area contributed by atoms with Crippen LogP contribution in [0.15, 0.2) is 59.8 Å². The highest BCUT2D eigenvalue weighted by atomic mass is 32.2. The van der Waals surface area contributed by atoms with Crippen LogP contribution in [0.1, 0.15) is 12.5 Å². The summed E-state index contributed by atoms with van der Waals surface area (Å²) in [6.45, 7) is 2.93. The maximum atomic E-state index is 5.87. The summed E-state index contributed by atoms with van der Waals surface area (Å²) < 4.78 is 2.13. The van der Waals surface area contributed by atoms with Crippen molar-refractivity contribution in [2.75, 3.05) is 5.73 Å². The topological polar surface area (TPSA) is 56.7 Å². The van der Waals surface area contributed by atoms with E-state index in [1.54, 1.807) is 11.8 Å². The number of nitrogens with two attached hydrogens (primary N) is 1. The zero-order valence-electron chi connectivity index (χ0n) is 12.4. The van der Waals surface area contributed by atoms with Gasteiger partial charge in [0.1, 0.15) is 0 Å². The molecule has 0 atom stereocenters. The minimum atomic E-state index is 0.738. The molecule has 0 aliphatic carbocycles. The third kappa shape index (κ3) is 3.14. The molecule has 1 aromatic heterocycles. The fourth-order valence-electron chi connectivity index (χ4n) is 2.29. The Hall–Kier alpha value is -2.27. The molecular formula is C17H18N4S. The molecule has 1 heterocycles. The highest BCUT2D eigenvalue weighted by Crippen LogP contribution is 2.27. The Labute approximate surface area is 134 Å². The van der Waals surface area contributed by atoms with Gasteiger partial charge in [0.25, 0.3) is 0 Å². The first-order chi connectivity index (χ1) is 10.8. The van der Waals surface area contributed by atoms with E-state index in [-0.39, 0.29) is 0 Å². The van der Waals surface area contributed by atoms with E-state index in [9.17, 15) is 0 Å². The zero-order valence-corrected chi connectivity index (χ0v) is 13.3. The first-order valence-electron chi connectivity index (χ1n) is 7.23. The Balaban J connectivity index is 1.84. The van der Waals surface area contributed by atoms with Gasteiger partial charge >= 0.3 is 0 Å².